The van der Waals surface area contributed by atoms with Crippen LogP contribution in [0.25, 0.3) is 0 Å². The van der Waals surface area contributed by atoms with E-state index in [0.29, 0.717) is 36.1 Å². The summed E-state index contributed by atoms with van der Waals surface area (Å²) in [6, 6.07) is 5.30. The van der Waals surface area contributed by atoms with Crippen LogP contribution in [0.2, 0.25) is 0 Å². The molecule has 4 heteroatoms. The van der Waals surface area contributed by atoms with E-state index in [-0.39, 0.29) is 16.7 Å². The molecule has 0 saturated heterocycles. The lowest BCUT2D eigenvalue weighted by Crippen LogP contribution is -2.28. The highest BCUT2D eigenvalue weighted by molar-refractivity contribution is 6.01. The Labute approximate surface area is 127 Å². The number of nitrogens with one attached hydrogen (secondary N) is 1. The summed E-state index contributed by atoms with van der Waals surface area (Å²) in [5.41, 5.74) is 7.34. The van der Waals surface area contributed by atoms with Gasteiger partial charge in [-0.3, -0.25) is 4.79 Å². The first kappa shape index (κ1) is 15.7. The molecule has 1 fully saturated rings. The van der Waals surface area contributed by atoms with Crippen molar-refractivity contribution in [3.05, 3.63) is 23.8 Å². The number of nitrogen functional groups attached to an aromatic ring is 1. The van der Waals surface area contributed by atoms with Crippen LogP contribution in [0.3, 0.4) is 0 Å². The number of benzene rings is 1. The van der Waals surface area contributed by atoms with Gasteiger partial charge in [-0.2, -0.15) is 0 Å². The highest BCUT2D eigenvalue weighted by Gasteiger charge is 2.64. The van der Waals surface area contributed by atoms with Gasteiger partial charge in [-0.05, 0) is 35.8 Å². The minimum atomic E-state index is -0.157. The van der Waals surface area contributed by atoms with E-state index in [4.69, 9.17) is 10.5 Å². The van der Waals surface area contributed by atoms with Gasteiger partial charge in [0.15, 0.2) is 0 Å². The average molecular weight is 290 g/mol. The fourth-order valence-corrected chi connectivity index (χ4v) is 3.19. The zero-order chi connectivity index (χ0) is 15.8. The molecule has 0 atom stereocenters. The molecule has 21 heavy (non-hydrogen) atoms. The highest BCUT2D eigenvalue weighted by Crippen LogP contribution is 2.67. The minimum Gasteiger partial charge on any atom is -0.493 e. The molecule has 1 aromatic rings. The van der Waals surface area contributed by atoms with Crippen molar-refractivity contribution >= 4 is 11.6 Å². The molecule has 1 amide bonds. The number of anilines is 1. The lowest BCUT2D eigenvalue weighted by molar-refractivity contribution is 0.0947. The van der Waals surface area contributed by atoms with E-state index >= 15 is 0 Å². The molecule has 0 radical (unpaired) electrons. The van der Waals surface area contributed by atoms with E-state index in [0.717, 1.165) is 0 Å². The van der Waals surface area contributed by atoms with Crippen LogP contribution in [0.4, 0.5) is 5.69 Å². The van der Waals surface area contributed by atoms with E-state index in [1.54, 1.807) is 18.2 Å². The third-order valence-electron chi connectivity index (χ3n) is 5.37. The number of nitrogens with two attached hydrogens (primary N) is 1. The van der Waals surface area contributed by atoms with E-state index in [2.05, 4.69) is 33.0 Å². The molecule has 1 aliphatic rings. The van der Waals surface area contributed by atoms with Crippen LogP contribution in [-0.2, 0) is 0 Å². The Morgan fingerprint density at radius 3 is 2.43 bits per heavy atom. The normalized spacial score (nSPS) is 19.1. The lowest BCUT2D eigenvalue weighted by atomic mass is 10.0. The maximum Gasteiger partial charge on any atom is 0.257 e. The molecule has 0 spiro atoms. The van der Waals surface area contributed by atoms with Crippen molar-refractivity contribution < 1.29 is 9.53 Å². The second-order valence-corrected chi connectivity index (χ2v) is 6.86. The van der Waals surface area contributed by atoms with Crippen LogP contribution in [0.15, 0.2) is 18.2 Å². The van der Waals surface area contributed by atoms with Gasteiger partial charge in [-0.15, -0.1) is 0 Å². The summed E-state index contributed by atoms with van der Waals surface area (Å²) < 4.78 is 5.50. The van der Waals surface area contributed by atoms with E-state index in [1.165, 1.54) is 0 Å². The zero-order valence-electron chi connectivity index (χ0n) is 13.6. The summed E-state index contributed by atoms with van der Waals surface area (Å²) in [6.07, 6.45) is 0. The first-order valence-electron chi connectivity index (χ1n) is 7.53. The molecule has 1 aromatic carbocycles. The molecule has 0 bridgehead atoms. The van der Waals surface area contributed by atoms with E-state index < -0.39 is 0 Å². The number of carbonyl (C=O) groups excluding carboxylic acids is 1. The quantitative estimate of drug-likeness (QED) is 0.819. The Balaban J connectivity index is 2.08. The molecule has 0 unspecified atom stereocenters. The van der Waals surface area contributed by atoms with Crippen LogP contribution in [0, 0.1) is 16.7 Å². The van der Waals surface area contributed by atoms with Gasteiger partial charge in [0, 0.05) is 12.2 Å². The molecule has 4 nitrogen and oxygen atoms in total. The summed E-state index contributed by atoms with van der Waals surface area (Å²) in [5, 5.41) is 3.01. The number of ether oxygens (including phenoxy) is 1. The average Bonchev–Trinajstić information content (AvgIpc) is 2.77. The second-order valence-electron chi connectivity index (χ2n) is 6.86. The number of carbonyl (C=O) groups is 1. The Morgan fingerprint density at radius 1 is 1.29 bits per heavy atom. The van der Waals surface area contributed by atoms with Crippen molar-refractivity contribution in [1.82, 2.24) is 5.32 Å². The molecule has 0 aliphatic heterocycles. The van der Waals surface area contributed by atoms with E-state index in [9.17, 15) is 4.79 Å². The van der Waals surface area contributed by atoms with Gasteiger partial charge >= 0.3 is 0 Å². The lowest BCUT2D eigenvalue weighted by Gasteiger charge is -2.13. The van der Waals surface area contributed by atoms with Crippen LogP contribution < -0.4 is 15.8 Å². The number of amides is 1. The molecular formula is C17H26N2O2. The third-order valence-corrected chi connectivity index (χ3v) is 5.37. The van der Waals surface area contributed by atoms with Crippen molar-refractivity contribution in [2.75, 3.05) is 18.9 Å². The molecular weight excluding hydrogens is 264 g/mol. The minimum absolute atomic E-state index is 0.157. The molecule has 0 aromatic heterocycles. The highest BCUT2D eigenvalue weighted by atomic mass is 16.5. The summed E-state index contributed by atoms with van der Waals surface area (Å²) in [7, 11) is 0. The predicted octanol–water partition coefficient (Wildman–Crippen LogP) is 3.08. The SMILES string of the molecule is CCOc1cccc(N)c1C(=O)NCC1C(C)(C)C1(C)C. The van der Waals surface area contributed by atoms with Crippen LogP contribution >= 0.6 is 0 Å². The van der Waals surface area contributed by atoms with Crippen molar-refractivity contribution in [1.29, 1.82) is 0 Å². The molecule has 0 heterocycles. The fraction of sp³-hybridized carbons (Fsp3) is 0.588. The third kappa shape index (κ3) is 2.59. The van der Waals surface area contributed by atoms with Crippen molar-refractivity contribution in [2.24, 2.45) is 16.7 Å². The molecule has 116 valence electrons. The van der Waals surface area contributed by atoms with Crippen LogP contribution in [0.1, 0.15) is 45.0 Å². The topological polar surface area (TPSA) is 64.3 Å². The smallest absolute Gasteiger partial charge is 0.257 e. The Morgan fingerprint density at radius 2 is 1.90 bits per heavy atom. The molecule has 1 saturated carbocycles. The van der Waals surface area contributed by atoms with Gasteiger partial charge < -0.3 is 15.8 Å². The van der Waals surface area contributed by atoms with Gasteiger partial charge in [-0.25, -0.2) is 0 Å². The second kappa shape index (κ2) is 5.24. The molecule has 3 N–H and O–H groups in total. The summed E-state index contributed by atoms with van der Waals surface area (Å²) in [4.78, 5) is 12.4. The van der Waals surface area contributed by atoms with Gasteiger partial charge in [0.1, 0.15) is 11.3 Å². The summed E-state index contributed by atoms with van der Waals surface area (Å²) >= 11 is 0. The zero-order valence-corrected chi connectivity index (χ0v) is 13.6. The summed E-state index contributed by atoms with van der Waals surface area (Å²) in [5.74, 6) is 0.869. The maximum atomic E-state index is 12.4. The Hall–Kier alpha value is -1.71. The van der Waals surface area contributed by atoms with Gasteiger partial charge in [0.2, 0.25) is 0 Å². The van der Waals surface area contributed by atoms with Gasteiger partial charge in [-0.1, -0.05) is 33.8 Å². The van der Waals surface area contributed by atoms with Crippen molar-refractivity contribution in [2.45, 2.75) is 34.6 Å². The number of rotatable bonds is 5. The first-order chi connectivity index (χ1) is 9.73. The molecule has 2 rings (SSSR count). The largest absolute Gasteiger partial charge is 0.493 e. The number of hydrogen-bond acceptors (Lipinski definition) is 3. The summed E-state index contributed by atoms with van der Waals surface area (Å²) in [6.45, 7) is 12.0. The fourth-order valence-electron chi connectivity index (χ4n) is 3.19. The molecule has 1 aliphatic carbocycles. The maximum absolute atomic E-state index is 12.4. The van der Waals surface area contributed by atoms with Gasteiger partial charge in [0.25, 0.3) is 5.91 Å². The Bertz CT molecular complexity index is 536. The number of hydrogen-bond donors (Lipinski definition) is 2. The van der Waals surface area contributed by atoms with Crippen LogP contribution in [0.5, 0.6) is 5.75 Å². The standard InChI is InChI=1S/C17H26N2O2/c1-6-21-12-9-7-8-11(18)14(12)15(20)19-10-13-16(2,3)17(13,4)5/h7-9,13H,6,10,18H2,1-5H3,(H,19,20). The van der Waals surface area contributed by atoms with Crippen LogP contribution in [-0.4, -0.2) is 19.1 Å². The first-order valence-corrected chi connectivity index (χ1v) is 7.53. The van der Waals surface area contributed by atoms with Crippen molar-refractivity contribution in [3.63, 3.8) is 0 Å². The van der Waals surface area contributed by atoms with Crippen molar-refractivity contribution in [3.8, 4) is 5.75 Å². The predicted molar refractivity (Wildman–Crippen MR) is 85.4 cm³/mol. The van der Waals surface area contributed by atoms with Gasteiger partial charge in [0.05, 0.1) is 6.61 Å². The Kier molecular flexibility index (Phi) is 3.91. The monoisotopic (exact) mass is 290 g/mol. The van der Waals surface area contributed by atoms with E-state index in [1.807, 2.05) is 6.92 Å².